The molecule has 0 amide bonds. The second kappa shape index (κ2) is 16.7. The summed E-state index contributed by atoms with van der Waals surface area (Å²) in [7, 11) is 0. The van der Waals surface area contributed by atoms with Crippen molar-refractivity contribution in [2.24, 2.45) is 0 Å². The Balaban J connectivity index is 0.991. The SMILES string of the molecule is c1ccc(-c2ccc(N(c3ccc(-c4cc5c(cc4-c4ccccc4)C(c4ccccc4)(c4ccccc4)c4ccccc4-5)cc3)c3ccc4c(c3)c3ccccc3n4-c3ccccc3)cc2)cc1. The average Bonchev–Trinajstić information content (AvgIpc) is 3.92. The van der Waals surface area contributed by atoms with Crippen molar-refractivity contribution in [2.45, 2.75) is 5.41 Å². The molecule has 11 aromatic carbocycles. The topological polar surface area (TPSA) is 8.17 Å². The molecule has 69 heavy (non-hydrogen) atoms. The molecule has 324 valence electrons. The van der Waals surface area contributed by atoms with Crippen molar-refractivity contribution in [1.29, 1.82) is 0 Å². The molecule has 0 N–H and O–H groups in total. The van der Waals surface area contributed by atoms with E-state index < -0.39 is 5.41 Å². The maximum absolute atomic E-state index is 2.50. The number of para-hydroxylation sites is 2. The van der Waals surface area contributed by atoms with Gasteiger partial charge in [-0.2, -0.15) is 0 Å². The Kier molecular flexibility index (Phi) is 9.77. The molecule has 12 aromatic rings. The summed E-state index contributed by atoms with van der Waals surface area (Å²) in [5.41, 5.74) is 21.1. The highest BCUT2D eigenvalue weighted by Crippen LogP contribution is 2.58. The van der Waals surface area contributed by atoms with Crippen LogP contribution in [-0.2, 0) is 5.41 Å². The number of rotatable bonds is 9. The lowest BCUT2D eigenvalue weighted by molar-refractivity contribution is 0.769. The quantitative estimate of drug-likeness (QED) is 0.140. The van der Waals surface area contributed by atoms with E-state index in [1.54, 1.807) is 0 Å². The van der Waals surface area contributed by atoms with Gasteiger partial charge in [0.1, 0.15) is 0 Å². The van der Waals surface area contributed by atoms with E-state index in [2.05, 4.69) is 289 Å². The molecule has 0 aliphatic heterocycles. The normalized spacial score (nSPS) is 12.5. The summed E-state index contributed by atoms with van der Waals surface area (Å²) in [6.45, 7) is 0. The third-order valence-electron chi connectivity index (χ3n) is 14.3. The molecular formula is C67H46N2. The molecule has 0 radical (unpaired) electrons. The molecule has 2 heteroatoms. The lowest BCUT2D eigenvalue weighted by atomic mass is 9.67. The Labute approximate surface area is 403 Å². The monoisotopic (exact) mass is 878 g/mol. The number of aromatic nitrogens is 1. The smallest absolute Gasteiger partial charge is 0.0713 e. The molecule has 0 spiro atoms. The lowest BCUT2D eigenvalue weighted by Gasteiger charge is -2.34. The summed E-state index contributed by atoms with van der Waals surface area (Å²) < 4.78 is 2.38. The van der Waals surface area contributed by atoms with E-state index in [0.29, 0.717) is 0 Å². The zero-order valence-corrected chi connectivity index (χ0v) is 38.0. The van der Waals surface area contributed by atoms with Gasteiger partial charge in [0.05, 0.1) is 16.4 Å². The van der Waals surface area contributed by atoms with E-state index in [9.17, 15) is 0 Å². The van der Waals surface area contributed by atoms with Crippen molar-refractivity contribution in [1.82, 2.24) is 4.57 Å². The highest BCUT2D eigenvalue weighted by atomic mass is 15.1. The van der Waals surface area contributed by atoms with Gasteiger partial charge in [0, 0.05) is 33.5 Å². The van der Waals surface area contributed by atoms with Crippen LogP contribution in [0, 0.1) is 0 Å². The van der Waals surface area contributed by atoms with E-state index in [1.165, 1.54) is 83.0 Å². The number of anilines is 3. The van der Waals surface area contributed by atoms with Crippen LogP contribution >= 0.6 is 0 Å². The van der Waals surface area contributed by atoms with Gasteiger partial charge < -0.3 is 9.47 Å². The van der Waals surface area contributed by atoms with E-state index in [0.717, 1.165) is 28.3 Å². The Morgan fingerprint density at radius 1 is 0.275 bits per heavy atom. The largest absolute Gasteiger partial charge is 0.310 e. The zero-order valence-electron chi connectivity index (χ0n) is 38.0. The van der Waals surface area contributed by atoms with Crippen molar-refractivity contribution in [3.63, 3.8) is 0 Å². The Morgan fingerprint density at radius 2 is 0.739 bits per heavy atom. The summed E-state index contributed by atoms with van der Waals surface area (Å²) in [4.78, 5) is 2.40. The molecular weight excluding hydrogens is 833 g/mol. The van der Waals surface area contributed by atoms with Crippen molar-refractivity contribution in [3.8, 4) is 50.2 Å². The highest BCUT2D eigenvalue weighted by molar-refractivity contribution is 6.11. The van der Waals surface area contributed by atoms with Crippen molar-refractivity contribution >= 4 is 38.9 Å². The van der Waals surface area contributed by atoms with Gasteiger partial charge in [0.25, 0.3) is 0 Å². The Bertz CT molecular complexity index is 3750. The molecule has 0 saturated carbocycles. The molecule has 0 fully saturated rings. The molecule has 2 nitrogen and oxygen atoms in total. The number of nitrogens with zero attached hydrogens (tertiary/aromatic N) is 2. The Hall–Kier alpha value is -8.98. The van der Waals surface area contributed by atoms with Crippen LogP contribution in [0.25, 0.3) is 72.0 Å². The van der Waals surface area contributed by atoms with Gasteiger partial charge in [-0.15, -0.1) is 0 Å². The molecule has 13 rings (SSSR count). The average molecular weight is 879 g/mol. The van der Waals surface area contributed by atoms with Crippen LogP contribution < -0.4 is 4.90 Å². The first kappa shape index (κ1) is 40.3. The van der Waals surface area contributed by atoms with Gasteiger partial charge in [0.2, 0.25) is 0 Å². The third-order valence-corrected chi connectivity index (χ3v) is 14.3. The van der Waals surface area contributed by atoms with Crippen LogP contribution in [0.2, 0.25) is 0 Å². The van der Waals surface area contributed by atoms with E-state index in [4.69, 9.17) is 0 Å². The van der Waals surface area contributed by atoms with Crippen molar-refractivity contribution < 1.29 is 0 Å². The Morgan fingerprint density at radius 3 is 1.39 bits per heavy atom. The molecule has 1 aromatic heterocycles. The minimum Gasteiger partial charge on any atom is -0.310 e. The second-order valence-corrected chi connectivity index (χ2v) is 18.0. The van der Waals surface area contributed by atoms with E-state index in [1.807, 2.05) is 0 Å². The zero-order chi connectivity index (χ0) is 45.7. The summed E-state index contributed by atoms with van der Waals surface area (Å²) >= 11 is 0. The number of hydrogen-bond acceptors (Lipinski definition) is 1. The van der Waals surface area contributed by atoms with Crippen molar-refractivity contribution in [2.75, 3.05) is 4.90 Å². The molecule has 1 heterocycles. The van der Waals surface area contributed by atoms with Gasteiger partial charge >= 0.3 is 0 Å². The minimum absolute atomic E-state index is 0.495. The van der Waals surface area contributed by atoms with Gasteiger partial charge in [0.15, 0.2) is 0 Å². The summed E-state index contributed by atoms with van der Waals surface area (Å²) in [5, 5.41) is 2.44. The molecule has 0 unspecified atom stereocenters. The number of benzene rings is 11. The number of fused-ring (bicyclic) bond motifs is 6. The van der Waals surface area contributed by atoms with Gasteiger partial charge in [-0.05, 0) is 140 Å². The van der Waals surface area contributed by atoms with Crippen LogP contribution in [0.5, 0.6) is 0 Å². The third kappa shape index (κ3) is 6.64. The lowest BCUT2D eigenvalue weighted by Crippen LogP contribution is -2.28. The maximum Gasteiger partial charge on any atom is 0.0713 e. The molecule has 1 aliphatic carbocycles. The molecule has 0 bridgehead atoms. The fraction of sp³-hybridized carbons (Fsp3) is 0.0149. The summed E-state index contributed by atoms with van der Waals surface area (Å²) in [5.74, 6) is 0. The minimum atomic E-state index is -0.495. The maximum atomic E-state index is 2.50. The van der Waals surface area contributed by atoms with Gasteiger partial charge in [-0.3, -0.25) is 0 Å². The first-order valence-corrected chi connectivity index (χ1v) is 23.8. The first-order chi connectivity index (χ1) is 34.2. The predicted molar refractivity (Wildman–Crippen MR) is 289 cm³/mol. The van der Waals surface area contributed by atoms with Crippen LogP contribution in [0.15, 0.2) is 279 Å². The van der Waals surface area contributed by atoms with E-state index in [-0.39, 0.29) is 0 Å². The van der Waals surface area contributed by atoms with Crippen molar-refractivity contribution in [3.05, 3.63) is 301 Å². The first-order valence-electron chi connectivity index (χ1n) is 23.8. The second-order valence-electron chi connectivity index (χ2n) is 18.0. The molecule has 0 saturated heterocycles. The highest BCUT2D eigenvalue weighted by Gasteiger charge is 2.46. The van der Waals surface area contributed by atoms with Crippen LogP contribution in [-0.4, -0.2) is 4.57 Å². The summed E-state index contributed by atoms with van der Waals surface area (Å²) in [6, 6.07) is 102. The van der Waals surface area contributed by atoms with E-state index >= 15 is 0 Å². The predicted octanol–water partition coefficient (Wildman–Crippen LogP) is 17.6. The van der Waals surface area contributed by atoms with Crippen LogP contribution in [0.1, 0.15) is 22.3 Å². The molecule has 1 aliphatic rings. The van der Waals surface area contributed by atoms with Crippen LogP contribution in [0.3, 0.4) is 0 Å². The van der Waals surface area contributed by atoms with Gasteiger partial charge in [-0.1, -0.05) is 206 Å². The fourth-order valence-corrected chi connectivity index (χ4v) is 11.2. The summed E-state index contributed by atoms with van der Waals surface area (Å²) in [6.07, 6.45) is 0. The fourth-order valence-electron chi connectivity index (χ4n) is 11.2. The van der Waals surface area contributed by atoms with Crippen LogP contribution in [0.4, 0.5) is 17.1 Å². The van der Waals surface area contributed by atoms with Gasteiger partial charge in [-0.25, -0.2) is 0 Å². The number of hydrogen-bond donors (Lipinski definition) is 0. The molecule has 0 atom stereocenters. The standard InChI is InChI=1S/C67H46N2/c1-6-20-47(21-7-1)48-34-38-54(39-35-48)68(56-42-43-66-62(44-56)58-31-17-19-33-65(58)69(66)53-28-14-5-15-29-53)55-40-36-50(37-41-55)59-45-61-57-30-16-18-32-63(57)67(51-24-10-3-11-25-51,52-26-12-4-13-27-52)64(61)46-60(59)49-22-8-2-9-23-49/h1-46H.